The number of aromatic carboxylic acids is 1. The molecule has 0 spiro atoms. The number of ether oxygens (including phenoxy) is 1. The molecule has 15 heavy (non-hydrogen) atoms. The van der Waals surface area contributed by atoms with Crippen molar-refractivity contribution in [1.29, 1.82) is 0 Å². The molecule has 0 radical (unpaired) electrons. The number of fused-ring (bicyclic) bond motifs is 1. The molecule has 1 aromatic rings. The number of rotatable bonds is 1. The van der Waals surface area contributed by atoms with Crippen LogP contribution in [0.15, 0.2) is 12.1 Å². The fourth-order valence-corrected chi connectivity index (χ4v) is 1.55. The van der Waals surface area contributed by atoms with Crippen molar-refractivity contribution < 1.29 is 24.2 Å². The number of carbonyl (C=O) groups is 3. The zero-order valence-electron chi connectivity index (χ0n) is 7.73. The highest BCUT2D eigenvalue weighted by Gasteiger charge is 2.35. The van der Waals surface area contributed by atoms with Gasteiger partial charge in [0.15, 0.2) is 0 Å². The Labute approximate surface area is 84.3 Å². The van der Waals surface area contributed by atoms with Gasteiger partial charge in [0.2, 0.25) is 0 Å². The molecule has 2 rings (SSSR count). The second-order valence-corrected chi connectivity index (χ2v) is 3.16. The Balaban J connectivity index is 2.81. The standard InChI is InChI=1S/C10H6O5/c1-4-2-3-5(8(11)12)7-6(4)9(13)15-10(7)14/h2-3H,1H3,(H,11,12). The molecule has 1 heterocycles. The first kappa shape index (κ1) is 9.39. The molecule has 0 amide bonds. The molecule has 76 valence electrons. The van der Waals surface area contributed by atoms with Crippen molar-refractivity contribution in [3.8, 4) is 0 Å². The Bertz CT molecular complexity index is 501. The van der Waals surface area contributed by atoms with E-state index in [0.717, 1.165) is 0 Å². The van der Waals surface area contributed by atoms with Gasteiger partial charge in [-0.1, -0.05) is 6.07 Å². The highest BCUT2D eigenvalue weighted by Crippen LogP contribution is 2.26. The first-order valence-electron chi connectivity index (χ1n) is 4.15. The van der Waals surface area contributed by atoms with E-state index in [1.807, 2.05) is 0 Å². The van der Waals surface area contributed by atoms with Gasteiger partial charge in [0.05, 0.1) is 16.7 Å². The van der Waals surface area contributed by atoms with Crippen molar-refractivity contribution in [2.75, 3.05) is 0 Å². The Morgan fingerprint density at radius 3 is 2.40 bits per heavy atom. The third-order valence-corrected chi connectivity index (χ3v) is 2.24. The maximum absolute atomic E-state index is 11.2. The number of benzene rings is 1. The van der Waals surface area contributed by atoms with Gasteiger partial charge in [-0.2, -0.15) is 0 Å². The lowest BCUT2D eigenvalue weighted by atomic mass is 9.98. The Kier molecular flexibility index (Phi) is 1.82. The zero-order valence-corrected chi connectivity index (χ0v) is 7.73. The highest BCUT2D eigenvalue weighted by molar-refractivity contribution is 6.19. The fraction of sp³-hybridized carbons (Fsp3) is 0.100. The minimum atomic E-state index is -1.25. The molecule has 0 aliphatic carbocycles. The van der Waals surface area contributed by atoms with Gasteiger partial charge < -0.3 is 9.84 Å². The lowest BCUT2D eigenvalue weighted by Gasteiger charge is -2.01. The molecule has 0 aromatic heterocycles. The first-order chi connectivity index (χ1) is 7.02. The molecule has 1 aliphatic rings. The third kappa shape index (κ3) is 1.20. The van der Waals surface area contributed by atoms with Gasteiger partial charge in [0.1, 0.15) is 0 Å². The Hall–Kier alpha value is -2.17. The molecule has 0 fully saturated rings. The SMILES string of the molecule is Cc1ccc(C(=O)O)c2c1C(=O)OC2=O. The van der Waals surface area contributed by atoms with Gasteiger partial charge >= 0.3 is 17.9 Å². The van der Waals surface area contributed by atoms with Crippen LogP contribution in [0.4, 0.5) is 0 Å². The van der Waals surface area contributed by atoms with E-state index >= 15 is 0 Å². The number of carboxylic acid groups (broad SMARTS) is 1. The van der Waals surface area contributed by atoms with Crippen molar-refractivity contribution in [3.05, 3.63) is 34.4 Å². The van der Waals surface area contributed by atoms with Gasteiger partial charge in [-0.3, -0.25) is 0 Å². The number of hydrogen-bond donors (Lipinski definition) is 1. The second-order valence-electron chi connectivity index (χ2n) is 3.16. The van der Waals surface area contributed by atoms with E-state index < -0.39 is 17.9 Å². The number of esters is 2. The van der Waals surface area contributed by atoms with Crippen molar-refractivity contribution in [1.82, 2.24) is 0 Å². The summed E-state index contributed by atoms with van der Waals surface area (Å²) in [7, 11) is 0. The molecule has 0 atom stereocenters. The average Bonchev–Trinajstić information content (AvgIpc) is 2.43. The Morgan fingerprint density at radius 2 is 1.80 bits per heavy atom. The molecule has 0 saturated heterocycles. The van der Waals surface area contributed by atoms with E-state index in [-0.39, 0.29) is 16.7 Å². The largest absolute Gasteiger partial charge is 0.478 e. The molecule has 0 unspecified atom stereocenters. The van der Waals surface area contributed by atoms with E-state index in [0.29, 0.717) is 5.56 Å². The number of cyclic esters (lactones) is 2. The summed E-state index contributed by atoms with van der Waals surface area (Å²) in [5.74, 6) is -2.93. The zero-order chi connectivity index (χ0) is 11.2. The minimum absolute atomic E-state index is 0.0555. The summed E-state index contributed by atoms with van der Waals surface area (Å²) in [4.78, 5) is 33.3. The number of carbonyl (C=O) groups excluding carboxylic acids is 2. The molecule has 1 aromatic carbocycles. The van der Waals surface area contributed by atoms with Crippen LogP contribution in [0.1, 0.15) is 36.6 Å². The average molecular weight is 206 g/mol. The fourth-order valence-electron chi connectivity index (χ4n) is 1.55. The van der Waals surface area contributed by atoms with Crippen LogP contribution < -0.4 is 0 Å². The predicted octanol–water partition coefficient (Wildman–Crippen LogP) is 1.00. The molecule has 1 aliphatic heterocycles. The van der Waals surface area contributed by atoms with E-state index in [1.165, 1.54) is 12.1 Å². The lowest BCUT2D eigenvalue weighted by Crippen LogP contribution is -2.07. The predicted molar refractivity (Wildman–Crippen MR) is 47.9 cm³/mol. The summed E-state index contributed by atoms with van der Waals surface area (Å²) >= 11 is 0. The molecular weight excluding hydrogens is 200 g/mol. The Morgan fingerprint density at radius 1 is 1.20 bits per heavy atom. The normalized spacial score (nSPS) is 13.7. The number of hydrogen-bond acceptors (Lipinski definition) is 4. The topological polar surface area (TPSA) is 80.7 Å². The van der Waals surface area contributed by atoms with Crippen molar-refractivity contribution >= 4 is 17.9 Å². The highest BCUT2D eigenvalue weighted by atomic mass is 16.6. The van der Waals surface area contributed by atoms with Crippen molar-refractivity contribution in [3.63, 3.8) is 0 Å². The van der Waals surface area contributed by atoms with Crippen LogP contribution in [-0.2, 0) is 4.74 Å². The number of carboxylic acids is 1. The van der Waals surface area contributed by atoms with E-state index in [1.54, 1.807) is 6.92 Å². The van der Waals surface area contributed by atoms with E-state index in [9.17, 15) is 14.4 Å². The summed E-state index contributed by atoms with van der Waals surface area (Å²) < 4.78 is 4.36. The summed E-state index contributed by atoms with van der Waals surface area (Å²) in [5.41, 5.74) is 0.240. The summed E-state index contributed by atoms with van der Waals surface area (Å²) in [6, 6.07) is 2.76. The molecule has 5 heteroatoms. The van der Waals surface area contributed by atoms with Crippen LogP contribution in [0, 0.1) is 6.92 Å². The van der Waals surface area contributed by atoms with Crippen LogP contribution in [-0.4, -0.2) is 23.0 Å². The monoisotopic (exact) mass is 206 g/mol. The molecular formula is C10H6O5. The smallest absolute Gasteiger partial charge is 0.347 e. The minimum Gasteiger partial charge on any atom is -0.478 e. The summed E-state index contributed by atoms with van der Waals surface area (Å²) in [5, 5.41) is 8.82. The number of aryl methyl sites for hydroxylation is 1. The summed E-state index contributed by atoms with van der Waals surface area (Å²) in [6.07, 6.45) is 0. The van der Waals surface area contributed by atoms with Crippen molar-refractivity contribution in [2.45, 2.75) is 6.92 Å². The van der Waals surface area contributed by atoms with E-state index in [2.05, 4.69) is 4.74 Å². The maximum Gasteiger partial charge on any atom is 0.347 e. The van der Waals surface area contributed by atoms with Crippen LogP contribution in [0.5, 0.6) is 0 Å². The van der Waals surface area contributed by atoms with Gasteiger partial charge in [-0.15, -0.1) is 0 Å². The van der Waals surface area contributed by atoms with Crippen LogP contribution in [0.2, 0.25) is 0 Å². The molecule has 0 bridgehead atoms. The second kappa shape index (κ2) is 2.91. The quantitative estimate of drug-likeness (QED) is 0.547. The first-order valence-corrected chi connectivity index (χ1v) is 4.15. The van der Waals surface area contributed by atoms with Crippen LogP contribution >= 0.6 is 0 Å². The van der Waals surface area contributed by atoms with Gasteiger partial charge in [-0.05, 0) is 18.6 Å². The summed E-state index contributed by atoms with van der Waals surface area (Å²) in [6.45, 7) is 1.62. The van der Waals surface area contributed by atoms with E-state index in [4.69, 9.17) is 5.11 Å². The van der Waals surface area contributed by atoms with Gasteiger partial charge in [-0.25, -0.2) is 14.4 Å². The van der Waals surface area contributed by atoms with Crippen LogP contribution in [0.25, 0.3) is 0 Å². The van der Waals surface area contributed by atoms with Crippen LogP contribution in [0.3, 0.4) is 0 Å². The maximum atomic E-state index is 11.2. The lowest BCUT2D eigenvalue weighted by molar-refractivity contribution is 0.0439. The molecule has 0 saturated carbocycles. The van der Waals surface area contributed by atoms with Gasteiger partial charge in [0, 0.05) is 0 Å². The molecule has 1 N–H and O–H groups in total. The van der Waals surface area contributed by atoms with Crippen molar-refractivity contribution in [2.24, 2.45) is 0 Å². The molecule has 5 nitrogen and oxygen atoms in total. The van der Waals surface area contributed by atoms with Gasteiger partial charge in [0.25, 0.3) is 0 Å². The third-order valence-electron chi connectivity index (χ3n) is 2.24.